The van der Waals surface area contributed by atoms with Gasteiger partial charge in [-0.2, -0.15) is 0 Å². The molecule has 1 N–H and O–H groups in total. The maximum Gasteiger partial charge on any atom is 0.234 e. The molecule has 3 aliphatic carbocycles. The van der Waals surface area contributed by atoms with Gasteiger partial charge in [0, 0.05) is 40.6 Å². The van der Waals surface area contributed by atoms with Crippen molar-refractivity contribution in [3.8, 4) is 17.2 Å². The Hall–Kier alpha value is -4.98. The number of fused-ring (bicyclic) bond motifs is 4. The van der Waals surface area contributed by atoms with E-state index in [1.165, 1.54) is 31.3 Å². The Kier molecular flexibility index (Phi) is 7.46. The second-order valence-corrected chi connectivity index (χ2v) is 14.2. The maximum atomic E-state index is 15.2. The highest BCUT2D eigenvalue weighted by atomic mass is 16.5. The van der Waals surface area contributed by atoms with Crippen molar-refractivity contribution in [1.82, 2.24) is 4.90 Å². The number of imide groups is 1. The van der Waals surface area contributed by atoms with Crippen LogP contribution in [0.3, 0.4) is 0 Å². The zero-order chi connectivity index (χ0) is 34.1. The van der Waals surface area contributed by atoms with Crippen molar-refractivity contribution in [2.45, 2.75) is 50.5 Å². The van der Waals surface area contributed by atoms with E-state index in [-0.39, 0.29) is 41.3 Å². The second kappa shape index (κ2) is 11.3. The van der Waals surface area contributed by atoms with E-state index in [1.54, 1.807) is 6.07 Å². The van der Waals surface area contributed by atoms with Gasteiger partial charge in [0.1, 0.15) is 17.2 Å². The first-order valence-corrected chi connectivity index (χ1v) is 16.4. The average molecular weight is 646 g/mol. The molecule has 1 saturated carbocycles. The van der Waals surface area contributed by atoms with Crippen molar-refractivity contribution >= 4 is 29.0 Å². The molecule has 1 saturated heterocycles. The number of ether oxygens (including phenoxy) is 2. The Balaban J connectivity index is 1.55. The Bertz CT molecular complexity index is 1900. The molecule has 4 aliphatic rings. The minimum Gasteiger partial charge on any atom is -0.507 e. The number of phenolic OH excluding ortho intramolecular Hbond substituents is 1. The molecule has 0 aromatic heterocycles. The van der Waals surface area contributed by atoms with Gasteiger partial charge < -0.3 is 14.6 Å². The van der Waals surface area contributed by atoms with Crippen LogP contribution >= 0.6 is 0 Å². The van der Waals surface area contributed by atoms with Crippen molar-refractivity contribution < 1.29 is 33.8 Å². The molecule has 0 unspecified atom stereocenters. The maximum absolute atomic E-state index is 15.2. The van der Waals surface area contributed by atoms with Crippen LogP contribution < -0.4 is 9.47 Å². The monoisotopic (exact) mass is 645 g/mol. The quantitative estimate of drug-likeness (QED) is 0.267. The number of likely N-dealkylation sites (tertiary alicyclic amines) is 1. The van der Waals surface area contributed by atoms with Crippen LogP contribution in [-0.2, 0) is 24.6 Å². The number of rotatable bonds is 5. The molecule has 0 spiro atoms. The Morgan fingerprint density at radius 3 is 2.15 bits per heavy atom. The van der Waals surface area contributed by atoms with Gasteiger partial charge in [-0.3, -0.25) is 24.1 Å². The van der Waals surface area contributed by atoms with Crippen molar-refractivity contribution in [2.75, 3.05) is 14.2 Å². The van der Waals surface area contributed by atoms with E-state index in [0.717, 1.165) is 5.57 Å². The van der Waals surface area contributed by atoms with Crippen molar-refractivity contribution in [3.05, 3.63) is 107 Å². The number of amides is 2. The van der Waals surface area contributed by atoms with Crippen molar-refractivity contribution in [1.29, 1.82) is 0 Å². The standard InChI is InChI=1S/C40H39NO7/c1-39(2,3)41-37(45)26-17-16-25-28(33(26)38(41)46)20-29-36(44)27(22-12-8-6-9-13-22)21-32(43)40(29,23-14-10-7-11-15-23)35(25)34-30(42)18-24(47-4)19-31(34)48-5/h6-16,18-19,21,26,28-29,33,35,42H,17,20H2,1-5H3/t26-,28+,29-,33-,35+,40-/m0/s1. The number of nitrogens with zero attached hydrogens (tertiary/aromatic N) is 1. The fourth-order valence-corrected chi connectivity index (χ4v) is 9.01. The van der Waals surface area contributed by atoms with Gasteiger partial charge in [0.25, 0.3) is 0 Å². The van der Waals surface area contributed by atoms with Crippen LogP contribution in [0, 0.1) is 23.7 Å². The zero-order valence-electron chi connectivity index (χ0n) is 27.7. The normalized spacial score (nSPS) is 28.3. The number of methoxy groups -OCH3 is 2. The first kappa shape index (κ1) is 31.6. The predicted molar refractivity (Wildman–Crippen MR) is 179 cm³/mol. The highest BCUT2D eigenvalue weighted by Gasteiger charge is 2.67. The number of aromatic hydroxyl groups is 1. The summed E-state index contributed by atoms with van der Waals surface area (Å²) in [7, 11) is 2.97. The van der Waals surface area contributed by atoms with E-state index in [4.69, 9.17) is 9.47 Å². The van der Waals surface area contributed by atoms with Crippen LogP contribution in [-0.4, -0.2) is 53.1 Å². The third-order valence-corrected chi connectivity index (χ3v) is 10.9. The lowest BCUT2D eigenvalue weighted by Gasteiger charge is -2.55. The van der Waals surface area contributed by atoms with Gasteiger partial charge in [0.2, 0.25) is 11.8 Å². The number of benzene rings is 3. The smallest absolute Gasteiger partial charge is 0.234 e. The van der Waals surface area contributed by atoms with Gasteiger partial charge in [0.05, 0.1) is 31.5 Å². The van der Waals surface area contributed by atoms with Crippen LogP contribution in [0.4, 0.5) is 0 Å². The summed E-state index contributed by atoms with van der Waals surface area (Å²) >= 11 is 0. The number of phenols is 1. The SMILES string of the molecule is COc1cc(O)c([C@H]2C3=CC[C@@H]4C(=O)N(C(C)(C)C)C(=O)[C@@H]4[C@@H]3C[C@H]3C(=O)C(c4ccccc4)=CC(=O)[C@@]23c2ccccc2)c(OC)c1. The summed E-state index contributed by atoms with van der Waals surface area (Å²) in [5.74, 6) is -4.14. The molecule has 2 fully saturated rings. The van der Waals surface area contributed by atoms with Gasteiger partial charge >= 0.3 is 0 Å². The molecule has 246 valence electrons. The molecule has 0 radical (unpaired) electrons. The number of carbonyl (C=O) groups excluding carboxylic acids is 4. The van der Waals surface area contributed by atoms with E-state index in [9.17, 15) is 14.7 Å². The van der Waals surface area contributed by atoms with Crippen LogP contribution in [0.1, 0.15) is 56.2 Å². The summed E-state index contributed by atoms with van der Waals surface area (Å²) in [4.78, 5) is 59.7. The number of hydrogen-bond donors (Lipinski definition) is 1. The number of Topliss-reactive ketones (excluding diaryl/α,β-unsaturated/α-hetero) is 1. The molecule has 1 heterocycles. The van der Waals surface area contributed by atoms with Gasteiger partial charge in [-0.15, -0.1) is 0 Å². The summed E-state index contributed by atoms with van der Waals surface area (Å²) in [6.07, 6.45) is 3.92. The molecule has 0 bridgehead atoms. The van der Waals surface area contributed by atoms with Crippen molar-refractivity contribution in [3.63, 3.8) is 0 Å². The molecule has 3 aromatic rings. The lowest BCUT2D eigenvalue weighted by molar-refractivity contribution is -0.145. The van der Waals surface area contributed by atoms with Crippen LogP contribution in [0.2, 0.25) is 0 Å². The Labute approximate surface area is 280 Å². The fourth-order valence-electron chi connectivity index (χ4n) is 9.01. The number of carbonyl (C=O) groups is 4. The van der Waals surface area contributed by atoms with E-state index in [0.29, 0.717) is 34.4 Å². The molecule has 3 aromatic carbocycles. The Morgan fingerprint density at radius 2 is 1.52 bits per heavy atom. The third-order valence-electron chi connectivity index (χ3n) is 10.9. The van der Waals surface area contributed by atoms with E-state index >= 15 is 9.59 Å². The molecular formula is C40H39NO7. The number of hydrogen-bond acceptors (Lipinski definition) is 7. The molecule has 1 aliphatic heterocycles. The van der Waals surface area contributed by atoms with E-state index in [1.807, 2.05) is 87.5 Å². The first-order chi connectivity index (χ1) is 22.9. The van der Waals surface area contributed by atoms with Crippen molar-refractivity contribution in [2.24, 2.45) is 23.7 Å². The molecule has 2 amide bonds. The largest absolute Gasteiger partial charge is 0.507 e. The number of allylic oxidation sites excluding steroid dienone is 4. The molecule has 7 rings (SSSR count). The van der Waals surface area contributed by atoms with Gasteiger partial charge in [-0.25, -0.2) is 0 Å². The second-order valence-electron chi connectivity index (χ2n) is 14.2. The summed E-state index contributed by atoms with van der Waals surface area (Å²) in [6, 6.07) is 21.5. The highest BCUT2D eigenvalue weighted by molar-refractivity contribution is 6.31. The topological polar surface area (TPSA) is 110 Å². The fraction of sp³-hybridized carbons (Fsp3) is 0.350. The molecule has 8 nitrogen and oxygen atoms in total. The van der Waals surface area contributed by atoms with Crippen LogP contribution in [0.25, 0.3) is 5.57 Å². The lowest BCUT2D eigenvalue weighted by Crippen LogP contribution is -2.59. The summed E-state index contributed by atoms with van der Waals surface area (Å²) < 4.78 is 11.4. The summed E-state index contributed by atoms with van der Waals surface area (Å²) in [6.45, 7) is 5.54. The molecule has 6 atom stereocenters. The predicted octanol–water partition coefficient (Wildman–Crippen LogP) is 6.03. The highest BCUT2D eigenvalue weighted by Crippen LogP contribution is 2.65. The minimum absolute atomic E-state index is 0.155. The van der Waals surface area contributed by atoms with Gasteiger partial charge in [-0.05, 0) is 56.7 Å². The summed E-state index contributed by atoms with van der Waals surface area (Å²) in [5, 5.41) is 11.8. The number of ketones is 2. The van der Waals surface area contributed by atoms with Gasteiger partial charge in [-0.1, -0.05) is 72.3 Å². The Morgan fingerprint density at radius 1 is 0.854 bits per heavy atom. The minimum atomic E-state index is -1.49. The average Bonchev–Trinajstić information content (AvgIpc) is 3.35. The summed E-state index contributed by atoms with van der Waals surface area (Å²) in [5.41, 5.74) is 0.449. The third kappa shape index (κ3) is 4.41. The molecular weight excluding hydrogens is 606 g/mol. The zero-order valence-corrected chi connectivity index (χ0v) is 27.7. The lowest BCUT2D eigenvalue weighted by atomic mass is 9.44. The molecule has 8 heteroatoms. The van der Waals surface area contributed by atoms with Crippen LogP contribution in [0.15, 0.2) is 90.5 Å². The van der Waals surface area contributed by atoms with E-state index < -0.39 is 40.5 Å². The van der Waals surface area contributed by atoms with E-state index in [2.05, 4.69) is 0 Å². The van der Waals surface area contributed by atoms with Crippen LogP contribution in [0.5, 0.6) is 17.2 Å². The van der Waals surface area contributed by atoms with Gasteiger partial charge in [0.15, 0.2) is 11.6 Å². The molecule has 48 heavy (non-hydrogen) atoms. The first-order valence-electron chi connectivity index (χ1n) is 16.4.